The molecule has 0 aliphatic carbocycles. The Kier molecular flexibility index (Phi) is 2.75. The van der Waals surface area contributed by atoms with Crippen LogP contribution in [0.1, 0.15) is 0 Å². The van der Waals surface area contributed by atoms with Gasteiger partial charge in [0.25, 0.3) is 0 Å². The molecular formula is C8H11ClN4. The summed E-state index contributed by atoms with van der Waals surface area (Å²) in [6.07, 6.45) is 3.71. The van der Waals surface area contributed by atoms with Gasteiger partial charge in [-0.25, -0.2) is 10.8 Å². The molecule has 70 valence electrons. The van der Waals surface area contributed by atoms with Crippen molar-refractivity contribution < 1.29 is 0 Å². The van der Waals surface area contributed by atoms with Gasteiger partial charge in [0.15, 0.2) is 0 Å². The third-order valence-electron chi connectivity index (χ3n) is 1.95. The number of rotatable bonds is 1. The maximum absolute atomic E-state index is 5.30. The Labute approximate surface area is 82.1 Å². The van der Waals surface area contributed by atoms with Crippen molar-refractivity contribution in [3.8, 4) is 0 Å². The Hall–Kier alpha value is -1.26. The number of nitrogens with two attached hydrogens (primary N) is 1. The number of halogens is 1. The number of pyridine rings is 1. The molecule has 0 saturated heterocycles. The van der Waals surface area contributed by atoms with Gasteiger partial charge >= 0.3 is 0 Å². The molecule has 0 spiro atoms. The lowest BCUT2D eigenvalue weighted by molar-refractivity contribution is 0.968. The Morgan fingerprint density at radius 2 is 2.23 bits per heavy atom. The second-order valence-electron chi connectivity index (χ2n) is 2.66. The number of hydrogen-bond donors (Lipinski definition) is 2. The molecule has 2 aromatic heterocycles. The predicted octanol–water partition coefficient (Wildman–Crippen LogP) is 1.28. The van der Waals surface area contributed by atoms with Gasteiger partial charge in [0.1, 0.15) is 5.82 Å². The molecule has 0 atom stereocenters. The van der Waals surface area contributed by atoms with Gasteiger partial charge in [-0.3, -0.25) is 0 Å². The van der Waals surface area contributed by atoms with Crippen molar-refractivity contribution in [2.45, 2.75) is 0 Å². The van der Waals surface area contributed by atoms with E-state index in [1.807, 2.05) is 29.9 Å². The highest BCUT2D eigenvalue weighted by molar-refractivity contribution is 5.89. The second kappa shape index (κ2) is 3.64. The maximum Gasteiger partial charge on any atom is 0.149 e. The van der Waals surface area contributed by atoms with Crippen LogP contribution in [0.3, 0.4) is 0 Å². The van der Waals surface area contributed by atoms with Crippen LogP contribution in [0.5, 0.6) is 0 Å². The molecule has 13 heavy (non-hydrogen) atoms. The van der Waals surface area contributed by atoms with E-state index in [1.165, 1.54) is 0 Å². The van der Waals surface area contributed by atoms with Gasteiger partial charge in [-0.05, 0) is 12.1 Å². The number of aromatic nitrogens is 2. The molecule has 0 bridgehead atoms. The van der Waals surface area contributed by atoms with Crippen LogP contribution in [0.4, 0.5) is 5.82 Å². The first-order valence-electron chi connectivity index (χ1n) is 3.69. The van der Waals surface area contributed by atoms with Crippen molar-refractivity contribution in [2.24, 2.45) is 12.9 Å². The van der Waals surface area contributed by atoms with Gasteiger partial charge in [0.2, 0.25) is 0 Å². The molecule has 5 heteroatoms. The molecule has 0 unspecified atom stereocenters. The van der Waals surface area contributed by atoms with E-state index >= 15 is 0 Å². The predicted molar refractivity (Wildman–Crippen MR) is 55.8 cm³/mol. The largest absolute Gasteiger partial charge is 0.350 e. The molecule has 0 saturated carbocycles. The normalized spacial score (nSPS) is 9.69. The minimum absolute atomic E-state index is 0. The summed E-state index contributed by atoms with van der Waals surface area (Å²) in [4.78, 5) is 4.09. The number of anilines is 1. The molecule has 2 heterocycles. The van der Waals surface area contributed by atoms with Crippen LogP contribution >= 0.6 is 12.4 Å². The van der Waals surface area contributed by atoms with Gasteiger partial charge in [-0.2, -0.15) is 0 Å². The fourth-order valence-corrected chi connectivity index (χ4v) is 1.32. The summed E-state index contributed by atoms with van der Waals surface area (Å²) >= 11 is 0. The number of nitrogens with zero attached hydrogens (tertiary/aromatic N) is 2. The Balaban J connectivity index is 0.000000845. The van der Waals surface area contributed by atoms with Crippen LogP contribution in [0.15, 0.2) is 24.5 Å². The minimum Gasteiger partial charge on any atom is -0.350 e. The summed E-state index contributed by atoms with van der Waals surface area (Å²) < 4.78 is 2.03. The highest BCUT2D eigenvalue weighted by Crippen LogP contribution is 2.19. The quantitative estimate of drug-likeness (QED) is 0.536. The number of aryl methyl sites for hydroxylation is 1. The summed E-state index contributed by atoms with van der Waals surface area (Å²) in [5, 5.41) is 1.04. The van der Waals surface area contributed by atoms with Crippen molar-refractivity contribution in [1.29, 1.82) is 0 Å². The molecule has 0 fully saturated rings. The molecule has 2 rings (SSSR count). The highest BCUT2D eigenvalue weighted by Gasteiger charge is 2.01. The lowest BCUT2D eigenvalue weighted by Gasteiger charge is -2.00. The molecule has 0 aliphatic rings. The Morgan fingerprint density at radius 3 is 2.92 bits per heavy atom. The standard InChI is InChI=1S/C8H10N4.ClH/c1-12-5-3-6-7(12)2-4-10-8(6)11-9;/h2-5H,9H2,1H3,(H,10,11);1H. The van der Waals surface area contributed by atoms with E-state index in [2.05, 4.69) is 10.4 Å². The molecule has 2 aromatic rings. The lowest BCUT2D eigenvalue weighted by Crippen LogP contribution is -2.08. The Bertz CT molecular complexity index is 409. The van der Waals surface area contributed by atoms with E-state index in [0.29, 0.717) is 5.82 Å². The summed E-state index contributed by atoms with van der Waals surface area (Å²) in [5.74, 6) is 6.02. The Morgan fingerprint density at radius 1 is 1.46 bits per heavy atom. The van der Waals surface area contributed by atoms with Crippen molar-refractivity contribution in [3.63, 3.8) is 0 Å². The zero-order valence-corrected chi connectivity index (χ0v) is 8.01. The molecule has 0 amide bonds. The van der Waals surface area contributed by atoms with Gasteiger partial charge in [-0.15, -0.1) is 12.4 Å². The highest BCUT2D eigenvalue weighted by atomic mass is 35.5. The zero-order valence-electron chi connectivity index (χ0n) is 7.19. The summed E-state index contributed by atoms with van der Waals surface area (Å²) in [6, 6.07) is 3.94. The summed E-state index contributed by atoms with van der Waals surface area (Å²) in [5.41, 5.74) is 3.68. The lowest BCUT2D eigenvalue weighted by atomic mass is 10.3. The van der Waals surface area contributed by atoms with Gasteiger partial charge in [0.05, 0.1) is 5.52 Å². The fourth-order valence-electron chi connectivity index (χ4n) is 1.32. The first-order chi connectivity index (χ1) is 5.83. The maximum atomic E-state index is 5.30. The van der Waals surface area contributed by atoms with Crippen LogP contribution in [0.25, 0.3) is 10.9 Å². The van der Waals surface area contributed by atoms with E-state index in [0.717, 1.165) is 10.9 Å². The molecule has 3 N–H and O–H groups in total. The van der Waals surface area contributed by atoms with Crippen LogP contribution in [0.2, 0.25) is 0 Å². The number of nitrogen functional groups attached to an aromatic ring is 1. The molecular weight excluding hydrogens is 188 g/mol. The molecule has 0 aliphatic heterocycles. The van der Waals surface area contributed by atoms with Gasteiger partial charge < -0.3 is 9.99 Å². The number of fused-ring (bicyclic) bond motifs is 1. The molecule has 0 radical (unpaired) electrons. The summed E-state index contributed by atoms with van der Waals surface area (Å²) in [6.45, 7) is 0. The van der Waals surface area contributed by atoms with Gasteiger partial charge in [0, 0.05) is 24.8 Å². The first kappa shape index (κ1) is 9.83. The van der Waals surface area contributed by atoms with Crippen LogP contribution in [-0.4, -0.2) is 9.55 Å². The number of nitrogens with one attached hydrogen (secondary N) is 1. The molecule has 0 aromatic carbocycles. The van der Waals surface area contributed by atoms with Crippen molar-refractivity contribution in [1.82, 2.24) is 9.55 Å². The van der Waals surface area contributed by atoms with E-state index in [9.17, 15) is 0 Å². The smallest absolute Gasteiger partial charge is 0.149 e. The monoisotopic (exact) mass is 198 g/mol. The van der Waals surface area contributed by atoms with Crippen LogP contribution in [-0.2, 0) is 7.05 Å². The second-order valence-corrected chi connectivity index (χ2v) is 2.66. The third-order valence-corrected chi connectivity index (χ3v) is 1.95. The van der Waals surface area contributed by atoms with Crippen molar-refractivity contribution in [2.75, 3.05) is 5.43 Å². The van der Waals surface area contributed by atoms with Crippen molar-refractivity contribution >= 4 is 29.1 Å². The topological polar surface area (TPSA) is 55.9 Å². The van der Waals surface area contributed by atoms with E-state index < -0.39 is 0 Å². The van der Waals surface area contributed by atoms with E-state index in [4.69, 9.17) is 5.84 Å². The van der Waals surface area contributed by atoms with E-state index in [1.54, 1.807) is 6.20 Å². The average Bonchev–Trinajstić information content (AvgIpc) is 2.48. The average molecular weight is 199 g/mol. The minimum atomic E-state index is 0. The van der Waals surface area contributed by atoms with Crippen LogP contribution in [0, 0.1) is 0 Å². The van der Waals surface area contributed by atoms with Gasteiger partial charge in [-0.1, -0.05) is 0 Å². The van der Waals surface area contributed by atoms with E-state index in [-0.39, 0.29) is 12.4 Å². The third kappa shape index (κ3) is 1.46. The summed E-state index contributed by atoms with van der Waals surface area (Å²) in [7, 11) is 1.99. The zero-order chi connectivity index (χ0) is 8.55. The molecule has 4 nitrogen and oxygen atoms in total. The first-order valence-corrected chi connectivity index (χ1v) is 3.69. The van der Waals surface area contributed by atoms with Crippen LogP contribution < -0.4 is 11.3 Å². The van der Waals surface area contributed by atoms with Crippen molar-refractivity contribution in [3.05, 3.63) is 24.5 Å². The SMILES string of the molecule is Cl.Cn1ccc2c(NN)nccc21. The number of hydrogen-bond acceptors (Lipinski definition) is 3. The number of hydrazine groups is 1. The fraction of sp³-hybridized carbons (Fsp3) is 0.125.